The molecule has 0 aromatic rings. The van der Waals surface area contributed by atoms with E-state index in [1.807, 2.05) is 0 Å². The van der Waals surface area contributed by atoms with Crippen LogP contribution < -0.4 is 0 Å². The van der Waals surface area contributed by atoms with Crippen molar-refractivity contribution in [3.05, 3.63) is 61.3 Å². The average molecular weight is 359 g/mol. The average Bonchev–Trinajstić information content (AvgIpc) is 1.76. The van der Waals surface area contributed by atoms with Crippen LogP contribution in [0.4, 0.5) is 0 Å². The summed E-state index contributed by atoms with van der Waals surface area (Å²) in [6.07, 6.45) is 0. The van der Waals surface area contributed by atoms with Crippen molar-refractivity contribution in [3.63, 3.8) is 0 Å². The van der Waals surface area contributed by atoms with E-state index in [2.05, 4.69) is 0 Å². The van der Waals surface area contributed by atoms with E-state index in [0.29, 0.717) is 0 Å². The van der Waals surface area contributed by atoms with Gasteiger partial charge in [-0.15, -0.1) is 0 Å². The zero-order valence-electron chi connectivity index (χ0n) is 7.42. The molecule has 16 nitrogen and oxygen atoms in total. The minimum Gasteiger partial charge on any atom is -0.356 e. The van der Waals surface area contributed by atoms with Gasteiger partial charge >= 0.3 is 34.1 Å². The predicted octanol–water partition coefficient (Wildman–Crippen LogP) is -0.961. The molecule has 0 spiro atoms. The fraction of sp³-hybridized carbons (Fsp3) is 0. The molecule has 0 amide bonds. The number of rotatable bonds is 0. The topological polar surface area (TPSA) is 265 Å². The van der Waals surface area contributed by atoms with Crippen LogP contribution in [0, 0.1) is 61.3 Å². The minimum absolute atomic E-state index is 0. The molecule has 1 radical (unpaired) electrons. The van der Waals surface area contributed by atoms with E-state index in [9.17, 15) is 0 Å². The van der Waals surface area contributed by atoms with Gasteiger partial charge in [-0.05, 0) is 0 Å². The molecule has 0 saturated carbocycles. The molecule has 107 valence electrons. The molecular formula is FeMnN4O12. The van der Waals surface area contributed by atoms with Crippen LogP contribution in [0.25, 0.3) is 0 Å². The van der Waals surface area contributed by atoms with Crippen LogP contribution in [0.3, 0.4) is 0 Å². The summed E-state index contributed by atoms with van der Waals surface area (Å²) in [6, 6.07) is 0. The first-order valence-electron chi connectivity index (χ1n) is 2.19. The van der Waals surface area contributed by atoms with Gasteiger partial charge in [0, 0.05) is 0 Å². The van der Waals surface area contributed by atoms with Gasteiger partial charge in [0.2, 0.25) is 0 Å². The first-order valence-corrected chi connectivity index (χ1v) is 2.19. The Kier molecular flexibility index (Phi) is 58.8. The van der Waals surface area contributed by atoms with Gasteiger partial charge in [0.15, 0.2) is 0 Å². The molecule has 0 unspecified atom stereocenters. The zero-order chi connectivity index (χ0) is 14.3. The van der Waals surface area contributed by atoms with E-state index in [-0.39, 0.29) is 34.1 Å². The van der Waals surface area contributed by atoms with Gasteiger partial charge < -0.3 is 61.3 Å². The predicted molar refractivity (Wildman–Crippen MR) is 41.4 cm³/mol. The monoisotopic (exact) mass is 359 g/mol. The molecule has 0 atom stereocenters. The smallest absolute Gasteiger partial charge is 0.356 e. The van der Waals surface area contributed by atoms with Gasteiger partial charge in [0.25, 0.3) is 0 Å². The van der Waals surface area contributed by atoms with Gasteiger partial charge in [-0.3, -0.25) is 0 Å². The summed E-state index contributed by atoms with van der Waals surface area (Å²) in [5.41, 5.74) is 0. The van der Waals surface area contributed by atoms with Crippen LogP contribution in [0.15, 0.2) is 0 Å². The maximum atomic E-state index is 8.25. The Morgan fingerprint density at radius 2 is 0.444 bits per heavy atom. The van der Waals surface area contributed by atoms with Crippen LogP contribution in [0.5, 0.6) is 0 Å². The molecule has 0 aliphatic rings. The second-order valence-corrected chi connectivity index (χ2v) is 0.894. The second kappa shape index (κ2) is 29.4. The number of hydrogen-bond donors (Lipinski definition) is 0. The van der Waals surface area contributed by atoms with E-state index >= 15 is 0 Å². The van der Waals surface area contributed by atoms with E-state index in [4.69, 9.17) is 61.3 Å². The third-order valence-corrected chi connectivity index (χ3v) is 0. The van der Waals surface area contributed by atoms with Gasteiger partial charge in [-0.1, -0.05) is 0 Å². The Balaban J connectivity index is -0.0000000257. The third-order valence-electron chi connectivity index (χ3n) is 0. The van der Waals surface area contributed by atoms with Crippen LogP contribution in [-0.2, 0) is 34.1 Å². The molecule has 0 aromatic heterocycles. The molecule has 0 saturated heterocycles. The van der Waals surface area contributed by atoms with Crippen molar-refractivity contribution in [2.45, 2.75) is 0 Å². The van der Waals surface area contributed by atoms with Gasteiger partial charge in [0.05, 0.1) is 20.3 Å². The Morgan fingerprint density at radius 1 is 0.444 bits per heavy atom. The first-order chi connectivity index (χ1) is 6.93. The van der Waals surface area contributed by atoms with Gasteiger partial charge in [0.1, 0.15) is 0 Å². The molecule has 0 bridgehead atoms. The molecule has 18 heteroatoms. The van der Waals surface area contributed by atoms with Crippen molar-refractivity contribution < 1.29 is 54.5 Å². The zero-order valence-corrected chi connectivity index (χ0v) is 9.70. The van der Waals surface area contributed by atoms with Crippen LogP contribution in [-0.4, -0.2) is 20.3 Å². The molecule has 0 rings (SSSR count). The number of hydrogen-bond acceptors (Lipinski definition) is 12. The van der Waals surface area contributed by atoms with E-state index in [0.717, 1.165) is 0 Å². The summed E-state index contributed by atoms with van der Waals surface area (Å²) >= 11 is 0. The van der Waals surface area contributed by atoms with Gasteiger partial charge in [-0.2, -0.15) is 0 Å². The quantitative estimate of drug-likeness (QED) is 0.287. The van der Waals surface area contributed by atoms with Crippen molar-refractivity contribution in [1.82, 2.24) is 0 Å². The summed E-state index contributed by atoms with van der Waals surface area (Å²) in [5.74, 6) is 0. The summed E-state index contributed by atoms with van der Waals surface area (Å²) in [7, 11) is 0. The molecular weight excluding hydrogens is 359 g/mol. The first kappa shape index (κ1) is 36.0. The van der Waals surface area contributed by atoms with Crippen molar-refractivity contribution in [2.75, 3.05) is 0 Å². The normalized spacial score (nSPS) is 5.33. The van der Waals surface area contributed by atoms with Gasteiger partial charge in [-0.25, -0.2) is 0 Å². The van der Waals surface area contributed by atoms with Crippen LogP contribution in [0.2, 0.25) is 0 Å². The largest absolute Gasteiger partial charge is 2.00 e. The fourth-order valence-electron chi connectivity index (χ4n) is 0. The molecule has 0 aliphatic carbocycles. The molecule has 0 aromatic carbocycles. The van der Waals surface area contributed by atoms with Crippen molar-refractivity contribution in [1.29, 1.82) is 0 Å². The SMILES string of the molecule is O=[N+]([O-])[O-].O=[N+]([O-])[O-].O=[N+]([O-])[O-].O=[N+]([O-])[O-].[Fe+2].[Mn+2]. The molecule has 18 heavy (non-hydrogen) atoms. The number of nitrogens with zero attached hydrogens (tertiary/aromatic N) is 4. The van der Waals surface area contributed by atoms with Crippen molar-refractivity contribution >= 4 is 0 Å². The summed E-state index contributed by atoms with van der Waals surface area (Å²) in [4.78, 5) is 33.0. The van der Waals surface area contributed by atoms with Crippen LogP contribution >= 0.6 is 0 Å². The summed E-state index contributed by atoms with van der Waals surface area (Å²) < 4.78 is 0. The molecule has 0 N–H and O–H groups in total. The molecule has 0 heterocycles. The summed E-state index contributed by atoms with van der Waals surface area (Å²) in [5, 5.41) is 59.0. The Morgan fingerprint density at radius 3 is 0.444 bits per heavy atom. The Labute approximate surface area is 116 Å². The standard InChI is InChI=1S/Fe.Mn.4NO3/c;;4*2-1(3)4/q2*+2;4*-1. The maximum absolute atomic E-state index is 8.25. The Bertz CT molecular complexity index is 164. The van der Waals surface area contributed by atoms with E-state index in [1.54, 1.807) is 0 Å². The Hall–Kier alpha value is -2.16. The second-order valence-electron chi connectivity index (χ2n) is 0.894. The minimum atomic E-state index is -1.75. The van der Waals surface area contributed by atoms with Crippen molar-refractivity contribution in [3.8, 4) is 0 Å². The fourth-order valence-corrected chi connectivity index (χ4v) is 0. The molecule has 0 fully saturated rings. The van der Waals surface area contributed by atoms with Crippen LogP contribution in [0.1, 0.15) is 0 Å². The van der Waals surface area contributed by atoms with E-state index < -0.39 is 20.3 Å². The van der Waals surface area contributed by atoms with Crippen molar-refractivity contribution in [2.24, 2.45) is 0 Å². The summed E-state index contributed by atoms with van der Waals surface area (Å²) in [6.45, 7) is 0. The maximum Gasteiger partial charge on any atom is 2.00 e. The van der Waals surface area contributed by atoms with E-state index in [1.165, 1.54) is 0 Å². The third kappa shape index (κ3) is 488. The molecule has 0 aliphatic heterocycles.